The SMILES string of the molecule is CC1=C/C(=N\NC(=O)c2ccccc2F)CC1. The van der Waals surface area contributed by atoms with Crippen LogP contribution in [0.15, 0.2) is 41.0 Å². The van der Waals surface area contributed by atoms with Crippen LogP contribution in [-0.2, 0) is 0 Å². The Kier molecular flexibility index (Phi) is 3.32. The number of halogens is 1. The molecule has 0 radical (unpaired) electrons. The van der Waals surface area contributed by atoms with Crippen LogP contribution in [0.4, 0.5) is 4.39 Å². The van der Waals surface area contributed by atoms with Crippen molar-refractivity contribution in [3.05, 3.63) is 47.3 Å². The average molecular weight is 232 g/mol. The van der Waals surface area contributed by atoms with Crippen molar-refractivity contribution in [3.63, 3.8) is 0 Å². The van der Waals surface area contributed by atoms with E-state index < -0.39 is 11.7 Å². The Morgan fingerprint density at radius 1 is 1.35 bits per heavy atom. The minimum Gasteiger partial charge on any atom is -0.267 e. The normalized spacial score (nSPS) is 17.1. The zero-order chi connectivity index (χ0) is 12.3. The summed E-state index contributed by atoms with van der Waals surface area (Å²) in [6, 6.07) is 5.84. The summed E-state index contributed by atoms with van der Waals surface area (Å²) in [5.41, 5.74) is 4.44. The highest BCUT2D eigenvalue weighted by Gasteiger charge is 2.11. The molecular weight excluding hydrogens is 219 g/mol. The maximum Gasteiger partial charge on any atom is 0.274 e. The van der Waals surface area contributed by atoms with Gasteiger partial charge in [-0.15, -0.1) is 0 Å². The van der Waals surface area contributed by atoms with E-state index in [0.717, 1.165) is 18.6 Å². The highest BCUT2D eigenvalue weighted by atomic mass is 19.1. The summed E-state index contributed by atoms with van der Waals surface area (Å²) >= 11 is 0. The minimum atomic E-state index is -0.539. The number of nitrogens with zero attached hydrogens (tertiary/aromatic N) is 1. The number of rotatable bonds is 2. The van der Waals surface area contributed by atoms with Crippen LogP contribution in [-0.4, -0.2) is 11.6 Å². The average Bonchev–Trinajstić information content (AvgIpc) is 2.73. The lowest BCUT2D eigenvalue weighted by atomic mass is 10.2. The summed E-state index contributed by atoms with van der Waals surface area (Å²) < 4.78 is 13.3. The standard InChI is InChI=1S/C13H13FN2O/c1-9-6-7-10(8-9)15-16-13(17)11-4-2-3-5-12(11)14/h2-5,8H,6-7H2,1H3,(H,16,17)/b15-10-. The predicted octanol–water partition coefficient (Wildman–Crippen LogP) is 2.65. The Labute approximate surface area is 99.0 Å². The van der Waals surface area contributed by atoms with E-state index in [-0.39, 0.29) is 5.56 Å². The first-order chi connectivity index (χ1) is 8.16. The molecule has 1 aromatic carbocycles. The second-order valence-corrected chi connectivity index (χ2v) is 4.01. The van der Waals surface area contributed by atoms with Crippen LogP contribution >= 0.6 is 0 Å². The van der Waals surface area contributed by atoms with Crippen molar-refractivity contribution in [1.82, 2.24) is 5.43 Å². The fourth-order valence-electron chi connectivity index (χ4n) is 1.67. The Morgan fingerprint density at radius 2 is 2.12 bits per heavy atom. The van der Waals surface area contributed by atoms with Gasteiger partial charge in [0, 0.05) is 0 Å². The Morgan fingerprint density at radius 3 is 2.76 bits per heavy atom. The van der Waals surface area contributed by atoms with Crippen molar-refractivity contribution in [2.45, 2.75) is 19.8 Å². The topological polar surface area (TPSA) is 41.5 Å². The second kappa shape index (κ2) is 4.91. The van der Waals surface area contributed by atoms with E-state index in [1.807, 2.05) is 13.0 Å². The monoisotopic (exact) mass is 232 g/mol. The minimum absolute atomic E-state index is 0.00977. The van der Waals surface area contributed by atoms with Crippen molar-refractivity contribution in [2.75, 3.05) is 0 Å². The number of hydrogen-bond donors (Lipinski definition) is 1. The molecule has 17 heavy (non-hydrogen) atoms. The van der Waals surface area contributed by atoms with Gasteiger partial charge < -0.3 is 0 Å². The molecule has 0 fully saturated rings. The summed E-state index contributed by atoms with van der Waals surface area (Å²) in [5.74, 6) is -1.06. The number of amides is 1. The summed E-state index contributed by atoms with van der Waals surface area (Å²) in [6.45, 7) is 2.02. The molecule has 1 aromatic rings. The summed E-state index contributed by atoms with van der Waals surface area (Å²) in [4.78, 5) is 11.6. The fraction of sp³-hybridized carbons (Fsp3) is 0.231. The summed E-state index contributed by atoms with van der Waals surface area (Å²) in [7, 11) is 0. The number of allylic oxidation sites excluding steroid dienone is 2. The maximum absolute atomic E-state index is 13.3. The van der Waals surface area contributed by atoms with E-state index in [0.29, 0.717) is 0 Å². The quantitative estimate of drug-likeness (QED) is 0.782. The molecular formula is C13H13FN2O. The van der Waals surface area contributed by atoms with Gasteiger partial charge in [-0.2, -0.15) is 5.10 Å². The first-order valence-electron chi connectivity index (χ1n) is 5.45. The highest BCUT2D eigenvalue weighted by Crippen LogP contribution is 2.14. The number of hydrazone groups is 1. The number of hydrogen-bond acceptors (Lipinski definition) is 2. The van der Waals surface area contributed by atoms with Gasteiger partial charge in [-0.3, -0.25) is 4.79 Å². The van der Waals surface area contributed by atoms with E-state index in [1.54, 1.807) is 12.1 Å². The molecule has 0 saturated heterocycles. The van der Waals surface area contributed by atoms with E-state index in [9.17, 15) is 9.18 Å². The predicted molar refractivity (Wildman–Crippen MR) is 64.3 cm³/mol. The van der Waals surface area contributed by atoms with Gasteiger partial charge in [0.2, 0.25) is 0 Å². The highest BCUT2D eigenvalue weighted by molar-refractivity contribution is 6.00. The van der Waals surface area contributed by atoms with Crippen molar-refractivity contribution in [2.24, 2.45) is 5.10 Å². The van der Waals surface area contributed by atoms with Gasteiger partial charge in [-0.1, -0.05) is 17.7 Å². The van der Waals surface area contributed by atoms with Gasteiger partial charge in [0.25, 0.3) is 5.91 Å². The molecule has 0 heterocycles. The van der Waals surface area contributed by atoms with Crippen LogP contribution < -0.4 is 5.43 Å². The number of carbonyl (C=O) groups excluding carboxylic acids is 1. The molecule has 1 amide bonds. The van der Waals surface area contributed by atoms with Gasteiger partial charge in [-0.25, -0.2) is 9.82 Å². The van der Waals surface area contributed by atoms with Gasteiger partial charge in [0.1, 0.15) is 5.82 Å². The van der Waals surface area contributed by atoms with E-state index in [1.165, 1.54) is 17.7 Å². The molecule has 0 unspecified atom stereocenters. The van der Waals surface area contributed by atoms with E-state index >= 15 is 0 Å². The molecule has 2 rings (SSSR count). The molecule has 88 valence electrons. The van der Waals surface area contributed by atoms with Crippen molar-refractivity contribution in [1.29, 1.82) is 0 Å². The Hall–Kier alpha value is -1.97. The van der Waals surface area contributed by atoms with Crippen LogP contribution in [0.2, 0.25) is 0 Å². The molecule has 0 atom stereocenters. The van der Waals surface area contributed by atoms with Crippen molar-refractivity contribution in [3.8, 4) is 0 Å². The van der Waals surface area contributed by atoms with Gasteiger partial charge >= 0.3 is 0 Å². The zero-order valence-electron chi connectivity index (χ0n) is 9.53. The van der Waals surface area contributed by atoms with Gasteiger partial charge in [0.05, 0.1) is 11.3 Å². The number of benzene rings is 1. The molecule has 3 nitrogen and oxygen atoms in total. The Balaban J connectivity index is 2.06. The second-order valence-electron chi connectivity index (χ2n) is 4.01. The van der Waals surface area contributed by atoms with Crippen molar-refractivity contribution < 1.29 is 9.18 Å². The molecule has 0 aliphatic heterocycles. The largest absolute Gasteiger partial charge is 0.274 e. The lowest BCUT2D eigenvalue weighted by molar-refractivity contribution is 0.0951. The zero-order valence-corrected chi connectivity index (χ0v) is 9.53. The molecule has 4 heteroatoms. The van der Waals surface area contributed by atoms with Crippen molar-refractivity contribution >= 4 is 11.6 Å². The molecule has 0 bridgehead atoms. The molecule has 0 spiro atoms. The third kappa shape index (κ3) is 2.78. The van der Waals surface area contributed by atoms with Crippen LogP contribution in [0.1, 0.15) is 30.1 Å². The molecule has 0 aromatic heterocycles. The number of nitrogens with one attached hydrogen (secondary N) is 1. The van der Waals surface area contributed by atoms with Crippen LogP contribution in [0, 0.1) is 5.82 Å². The Bertz CT molecular complexity index is 506. The summed E-state index contributed by atoms with van der Waals surface area (Å²) in [5, 5.41) is 3.97. The molecule has 1 aliphatic carbocycles. The first kappa shape index (κ1) is 11.5. The first-order valence-corrected chi connectivity index (χ1v) is 5.45. The van der Waals surface area contributed by atoms with Gasteiger partial charge in [-0.05, 0) is 38.0 Å². The lowest BCUT2D eigenvalue weighted by Gasteiger charge is -2.01. The molecule has 1 aliphatic rings. The molecule has 1 N–H and O–H groups in total. The summed E-state index contributed by atoms with van der Waals surface area (Å²) in [6.07, 6.45) is 3.72. The van der Waals surface area contributed by atoms with E-state index in [2.05, 4.69) is 10.5 Å². The maximum atomic E-state index is 13.3. The lowest BCUT2D eigenvalue weighted by Crippen LogP contribution is -2.20. The van der Waals surface area contributed by atoms with Crippen LogP contribution in [0.3, 0.4) is 0 Å². The smallest absolute Gasteiger partial charge is 0.267 e. The molecule has 0 saturated carbocycles. The number of carbonyl (C=O) groups is 1. The fourth-order valence-corrected chi connectivity index (χ4v) is 1.67. The van der Waals surface area contributed by atoms with Crippen LogP contribution in [0.5, 0.6) is 0 Å². The third-order valence-electron chi connectivity index (χ3n) is 2.61. The van der Waals surface area contributed by atoms with Gasteiger partial charge in [0.15, 0.2) is 0 Å². The third-order valence-corrected chi connectivity index (χ3v) is 2.61. The van der Waals surface area contributed by atoms with E-state index in [4.69, 9.17) is 0 Å². The van der Waals surface area contributed by atoms with Crippen LogP contribution in [0.25, 0.3) is 0 Å².